The van der Waals surface area contributed by atoms with Crippen molar-refractivity contribution in [1.82, 2.24) is 0 Å². The third kappa shape index (κ3) is 3.64. The molecule has 4 nitrogen and oxygen atoms in total. The fourth-order valence-electron chi connectivity index (χ4n) is 2.41. The summed E-state index contributed by atoms with van der Waals surface area (Å²) in [6.07, 6.45) is -1.02. The van der Waals surface area contributed by atoms with E-state index in [2.05, 4.69) is 25.9 Å². The Bertz CT molecular complexity index is 607. The molecule has 1 heterocycles. The summed E-state index contributed by atoms with van der Waals surface area (Å²) in [5, 5.41) is 0.128. The molecule has 0 bridgehead atoms. The molecule has 2 atom stereocenters. The van der Waals surface area contributed by atoms with Crippen molar-refractivity contribution >= 4 is 27.7 Å². The summed E-state index contributed by atoms with van der Waals surface area (Å²) in [5.41, 5.74) is 0.376. The first-order valence-corrected chi connectivity index (χ1v) is 7.84. The van der Waals surface area contributed by atoms with Gasteiger partial charge in [-0.15, -0.1) is 0 Å². The number of nitrogens with zero attached hydrogens (tertiary/aromatic N) is 2. The van der Waals surface area contributed by atoms with Crippen LogP contribution in [0.5, 0.6) is 0 Å². The summed E-state index contributed by atoms with van der Waals surface area (Å²) >= 11 is 3.19. The van der Waals surface area contributed by atoms with Gasteiger partial charge in [0, 0.05) is 14.5 Å². The summed E-state index contributed by atoms with van der Waals surface area (Å²) in [6.45, 7) is 1.92. The second-order valence-electron chi connectivity index (χ2n) is 4.97. The predicted octanol–water partition coefficient (Wildman–Crippen LogP) is 3.24. The first-order valence-electron chi connectivity index (χ1n) is 7.72. The zero-order chi connectivity index (χ0) is 17.1. The Labute approximate surface area is 137 Å². The van der Waals surface area contributed by atoms with E-state index in [1.807, 2.05) is 37.3 Å². The largest absolute Gasteiger partial charge is 0.483 e. The topological polar surface area (TPSA) is 43.2 Å². The number of alkyl halides is 1. The number of ether oxygens (including phenoxy) is 2. The summed E-state index contributed by atoms with van der Waals surface area (Å²) in [5.74, 6) is 0.700. The van der Waals surface area contributed by atoms with Gasteiger partial charge < -0.3 is 9.47 Å². The molecule has 0 spiro atoms. The van der Waals surface area contributed by atoms with Crippen molar-refractivity contribution in [3.05, 3.63) is 35.9 Å². The number of benzene rings is 1. The van der Waals surface area contributed by atoms with Gasteiger partial charge in [-0.2, -0.15) is 0 Å². The Kier molecular flexibility index (Phi) is 4.48. The maximum Gasteiger partial charge on any atom is 0.212 e. The van der Waals surface area contributed by atoms with E-state index >= 15 is 0 Å². The fraction of sp³-hybridized carbons (Fsp3) is 0.500. The summed E-state index contributed by atoms with van der Waals surface area (Å²) in [4.78, 5) is 9.13. The lowest BCUT2D eigenvalue weighted by Crippen LogP contribution is -2.44. The highest BCUT2D eigenvalue weighted by Gasteiger charge is 2.38. The molecule has 5 heteroatoms. The van der Waals surface area contributed by atoms with Crippen molar-refractivity contribution < 1.29 is 12.2 Å². The van der Waals surface area contributed by atoms with E-state index in [1.165, 1.54) is 14.2 Å². The normalized spacial score (nSPS) is 27.1. The third-order valence-electron chi connectivity index (χ3n) is 3.36. The quantitative estimate of drug-likeness (QED) is 0.779. The summed E-state index contributed by atoms with van der Waals surface area (Å²) in [6, 6.07) is 9.11. The van der Waals surface area contributed by atoms with Crippen LogP contribution in [0.3, 0.4) is 0 Å². The average Bonchev–Trinajstić information content (AvgIpc) is 2.54. The van der Waals surface area contributed by atoms with Crippen molar-refractivity contribution in [2.24, 2.45) is 9.98 Å². The van der Waals surface area contributed by atoms with Gasteiger partial charge in [-0.1, -0.05) is 46.3 Å². The van der Waals surface area contributed by atoms with Gasteiger partial charge in [0.25, 0.3) is 0 Å². The minimum absolute atomic E-state index is 0.128. The molecule has 1 aliphatic heterocycles. The molecular weight excluding hydrogens is 332 g/mol. The minimum atomic E-state index is -1.62. The number of hydrogen-bond acceptors (Lipinski definition) is 4. The molecule has 0 aliphatic carbocycles. The van der Waals surface area contributed by atoms with Crippen molar-refractivity contribution in [3.8, 4) is 0 Å². The van der Waals surface area contributed by atoms with Gasteiger partial charge in [0.1, 0.15) is 11.6 Å². The Balaban J connectivity index is 2.41. The second kappa shape index (κ2) is 7.07. The zero-order valence-corrected chi connectivity index (χ0v) is 14.1. The first kappa shape index (κ1) is 13.3. The maximum atomic E-state index is 8.12. The molecule has 0 saturated heterocycles. The minimum Gasteiger partial charge on any atom is -0.483 e. The predicted molar refractivity (Wildman–Crippen MR) is 89.6 cm³/mol. The van der Waals surface area contributed by atoms with E-state index in [4.69, 9.17) is 12.2 Å². The SMILES string of the molecule is [2H]C([2H])(CBr)[C@H]1N=C(OC)[C@@](C)(Cc2ccccc2)N=C1OC. The van der Waals surface area contributed by atoms with Crippen molar-refractivity contribution in [2.75, 3.05) is 19.5 Å². The van der Waals surface area contributed by atoms with Gasteiger partial charge >= 0.3 is 0 Å². The van der Waals surface area contributed by atoms with Crippen LogP contribution in [0.15, 0.2) is 40.3 Å². The van der Waals surface area contributed by atoms with Crippen LogP contribution >= 0.6 is 15.9 Å². The van der Waals surface area contributed by atoms with Gasteiger partial charge in [-0.25, -0.2) is 9.98 Å². The van der Waals surface area contributed by atoms with E-state index in [0.29, 0.717) is 12.3 Å². The van der Waals surface area contributed by atoms with Crippen LogP contribution in [0.4, 0.5) is 0 Å². The number of halogens is 1. The van der Waals surface area contributed by atoms with Gasteiger partial charge in [-0.05, 0) is 18.9 Å². The van der Waals surface area contributed by atoms with Crippen molar-refractivity contribution in [2.45, 2.75) is 31.3 Å². The van der Waals surface area contributed by atoms with Crippen LogP contribution in [0.1, 0.15) is 21.6 Å². The molecule has 0 amide bonds. The molecule has 0 saturated carbocycles. The first-order chi connectivity index (χ1) is 10.9. The number of methoxy groups -OCH3 is 2. The molecule has 1 aromatic rings. The third-order valence-corrected chi connectivity index (χ3v) is 3.69. The highest BCUT2D eigenvalue weighted by atomic mass is 79.9. The van der Waals surface area contributed by atoms with E-state index in [9.17, 15) is 0 Å². The lowest BCUT2D eigenvalue weighted by atomic mass is 9.91. The fourth-order valence-corrected chi connectivity index (χ4v) is 2.71. The lowest BCUT2D eigenvalue weighted by molar-refractivity contribution is 0.320. The van der Waals surface area contributed by atoms with E-state index in [-0.39, 0.29) is 11.2 Å². The molecule has 0 radical (unpaired) electrons. The standard InChI is InChI=1S/C16H21BrN2O2/c1-16(11-12-7-5-4-6-8-12)15(21-3)18-13(9-10-17)14(19-16)20-2/h4-8,13H,9-11H2,1-3H3/t13-,16-/m1/s1/i9D2. The Morgan fingerprint density at radius 1 is 1.29 bits per heavy atom. The number of hydrogen-bond donors (Lipinski definition) is 0. The van der Waals surface area contributed by atoms with E-state index in [1.54, 1.807) is 0 Å². The van der Waals surface area contributed by atoms with Gasteiger partial charge in [-0.3, -0.25) is 0 Å². The molecule has 0 fully saturated rings. The van der Waals surface area contributed by atoms with E-state index < -0.39 is 18.0 Å². The number of aliphatic imine (C=N–C) groups is 2. The monoisotopic (exact) mass is 354 g/mol. The highest BCUT2D eigenvalue weighted by molar-refractivity contribution is 9.09. The molecule has 0 aromatic heterocycles. The molecule has 1 aliphatic rings. The smallest absolute Gasteiger partial charge is 0.212 e. The van der Waals surface area contributed by atoms with Crippen LogP contribution in [0, 0.1) is 0 Å². The van der Waals surface area contributed by atoms with Crippen LogP contribution in [0.25, 0.3) is 0 Å². The molecule has 0 unspecified atom stereocenters. The maximum absolute atomic E-state index is 8.12. The lowest BCUT2D eigenvalue weighted by Gasteiger charge is -2.32. The molecular formula is C16H21BrN2O2. The summed E-state index contributed by atoms with van der Waals surface area (Å²) in [7, 11) is 3.03. The molecule has 21 heavy (non-hydrogen) atoms. The van der Waals surface area contributed by atoms with E-state index in [0.717, 1.165) is 5.56 Å². The van der Waals surface area contributed by atoms with Crippen molar-refractivity contribution in [3.63, 3.8) is 0 Å². The molecule has 0 N–H and O–H groups in total. The van der Waals surface area contributed by atoms with Gasteiger partial charge in [0.2, 0.25) is 11.8 Å². The zero-order valence-electron chi connectivity index (χ0n) is 14.5. The summed E-state index contributed by atoms with van der Waals surface area (Å²) < 4.78 is 27.0. The average molecular weight is 355 g/mol. The molecule has 114 valence electrons. The van der Waals surface area contributed by atoms with Crippen molar-refractivity contribution in [1.29, 1.82) is 0 Å². The highest BCUT2D eigenvalue weighted by Crippen LogP contribution is 2.26. The van der Waals surface area contributed by atoms with Gasteiger partial charge in [0.05, 0.1) is 14.2 Å². The Hall–Kier alpha value is -1.36. The second-order valence-corrected chi connectivity index (χ2v) is 5.53. The van der Waals surface area contributed by atoms with Crippen LogP contribution < -0.4 is 0 Å². The van der Waals surface area contributed by atoms with Crippen LogP contribution in [0.2, 0.25) is 0 Å². The van der Waals surface area contributed by atoms with Crippen LogP contribution in [-0.4, -0.2) is 42.9 Å². The molecule has 1 aromatic carbocycles. The number of rotatable bonds is 4. The Morgan fingerprint density at radius 2 is 2.00 bits per heavy atom. The molecule has 2 rings (SSSR count). The van der Waals surface area contributed by atoms with Gasteiger partial charge in [0.15, 0.2) is 0 Å². The Morgan fingerprint density at radius 3 is 2.57 bits per heavy atom. The van der Waals surface area contributed by atoms with Crippen LogP contribution in [-0.2, 0) is 15.9 Å².